The van der Waals surface area contributed by atoms with Crippen LogP contribution in [0.2, 0.25) is 5.02 Å². The molecular weight excluding hydrogens is 286 g/mol. The highest BCUT2D eigenvalue weighted by Gasteiger charge is 2.32. The summed E-state index contributed by atoms with van der Waals surface area (Å²) in [4.78, 5) is 35.3. The van der Waals surface area contributed by atoms with E-state index in [4.69, 9.17) is 11.6 Å². The molecule has 2 N–H and O–H groups in total. The van der Waals surface area contributed by atoms with Gasteiger partial charge in [-0.05, 0) is 18.2 Å². The average Bonchev–Trinajstić information content (AvgIpc) is 2.66. The number of rotatable bonds is 2. The van der Waals surface area contributed by atoms with Gasteiger partial charge < -0.3 is 4.74 Å². The number of amides is 4. The van der Waals surface area contributed by atoms with Gasteiger partial charge in [-0.3, -0.25) is 20.3 Å². The molecule has 8 heteroatoms. The predicted molar refractivity (Wildman–Crippen MR) is 72.6 cm³/mol. The van der Waals surface area contributed by atoms with E-state index in [0.717, 1.165) is 4.90 Å². The zero-order valence-electron chi connectivity index (χ0n) is 10.4. The maximum atomic E-state index is 11.7. The lowest BCUT2D eigenvalue weighted by atomic mass is 10.2. The van der Waals surface area contributed by atoms with E-state index in [0.29, 0.717) is 5.69 Å². The SMILES string of the molecule is C=C1C(=O)NC(=O)N1c1ccc(Cl)c(NC(=O)OC)c1. The van der Waals surface area contributed by atoms with Gasteiger partial charge in [-0.15, -0.1) is 0 Å². The third-order valence-corrected chi connectivity index (χ3v) is 2.92. The first-order valence-electron chi connectivity index (χ1n) is 5.43. The Labute approximate surface area is 119 Å². The van der Waals surface area contributed by atoms with Crippen molar-refractivity contribution in [3.8, 4) is 0 Å². The summed E-state index contributed by atoms with van der Waals surface area (Å²) in [6.45, 7) is 3.52. The van der Waals surface area contributed by atoms with Gasteiger partial charge in [0, 0.05) is 0 Å². The van der Waals surface area contributed by atoms with Crippen molar-refractivity contribution in [3.63, 3.8) is 0 Å². The van der Waals surface area contributed by atoms with Crippen molar-refractivity contribution >= 4 is 41.0 Å². The topological polar surface area (TPSA) is 87.7 Å². The Morgan fingerprint density at radius 3 is 2.70 bits per heavy atom. The molecule has 20 heavy (non-hydrogen) atoms. The van der Waals surface area contributed by atoms with Crippen LogP contribution in [0.3, 0.4) is 0 Å². The number of halogens is 1. The van der Waals surface area contributed by atoms with Crippen LogP contribution >= 0.6 is 11.6 Å². The second-order valence-corrected chi connectivity index (χ2v) is 4.23. The molecule has 0 saturated carbocycles. The first kappa shape index (κ1) is 13.9. The van der Waals surface area contributed by atoms with E-state index in [1.807, 2.05) is 0 Å². The van der Waals surface area contributed by atoms with Gasteiger partial charge in [0.15, 0.2) is 0 Å². The quantitative estimate of drug-likeness (QED) is 0.646. The first-order chi connectivity index (χ1) is 9.43. The molecule has 1 aromatic carbocycles. The van der Waals surface area contributed by atoms with E-state index < -0.39 is 18.0 Å². The van der Waals surface area contributed by atoms with Crippen LogP contribution in [0.5, 0.6) is 0 Å². The molecule has 0 atom stereocenters. The number of carbonyl (C=O) groups is 3. The predicted octanol–water partition coefficient (Wildman–Crippen LogP) is 2.09. The smallest absolute Gasteiger partial charge is 0.411 e. The Hall–Kier alpha value is -2.54. The summed E-state index contributed by atoms with van der Waals surface area (Å²) in [5, 5.41) is 4.76. The molecule has 0 radical (unpaired) electrons. The van der Waals surface area contributed by atoms with E-state index in [9.17, 15) is 14.4 Å². The number of nitrogens with one attached hydrogen (secondary N) is 2. The van der Waals surface area contributed by atoms with Crippen molar-refractivity contribution in [2.24, 2.45) is 0 Å². The van der Waals surface area contributed by atoms with Crippen LogP contribution < -0.4 is 15.5 Å². The molecule has 4 amide bonds. The summed E-state index contributed by atoms with van der Waals surface area (Å²) in [6, 6.07) is 3.81. The van der Waals surface area contributed by atoms with Gasteiger partial charge in [0.25, 0.3) is 5.91 Å². The second kappa shape index (κ2) is 5.22. The molecule has 1 heterocycles. The number of benzene rings is 1. The summed E-state index contributed by atoms with van der Waals surface area (Å²) in [6.07, 6.45) is -0.704. The molecule has 2 rings (SSSR count). The summed E-state index contributed by atoms with van der Waals surface area (Å²) in [5.74, 6) is -0.576. The van der Waals surface area contributed by atoms with Gasteiger partial charge in [0.1, 0.15) is 5.70 Å². The fraction of sp³-hybridized carbons (Fsp3) is 0.0833. The largest absolute Gasteiger partial charge is 0.453 e. The van der Waals surface area contributed by atoms with Crippen LogP contribution in [0.4, 0.5) is 21.0 Å². The number of hydrogen-bond donors (Lipinski definition) is 2. The molecule has 0 spiro atoms. The molecule has 7 nitrogen and oxygen atoms in total. The molecule has 1 aliphatic rings. The molecule has 0 unspecified atom stereocenters. The molecule has 0 bridgehead atoms. The normalized spacial score (nSPS) is 14.3. The molecule has 1 aromatic rings. The lowest BCUT2D eigenvalue weighted by molar-refractivity contribution is -0.115. The zero-order valence-corrected chi connectivity index (χ0v) is 11.2. The Bertz CT molecular complexity index is 629. The molecule has 1 saturated heterocycles. The van der Waals surface area contributed by atoms with Crippen molar-refractivity contribution in [2.75, 3.05) is 17.3 Å². The fourth-order valence-electron chi connectivity index (χ4n) is 1.63. The third-order valence-electron chi connectivity index (χ3n) is 2.59. The van der Waals surface area contributed by atoms with E-state index in [1.165, 1.54) is 25.3 Å². The van der Waals surface area contributed by atoms with Crippen molar-refractivity contribution in [1.29, 1.82) is 0 Å². The number of hydrogen-bond acceptors (Lipinski definition) is 4. The van der Waals surface area contributed by atoms with Crippen LogP contribution in [0.1, 0.15) is 0 Å². The van der Waals surface area contributed by atoms with Crippen molar-refractivity contribution in [3.05, 3.63) is 35.5 Å². The minimum atomic E-state index is -0.704. The van der Waals surface area contributed by atoms with E-state index in [2.05, 4.69) is 21.9 Å². The maximum absolute atomic E-state index is 11.7. The van der Waals surface area contributed by atoms with Crippen molar-refractivity contribution in [1.82, 2.24) is 5.32 Å². The van der Waals surface area contributed by atoms with Gasteiger partial charge in [-0.25, -0.2) is 9.59 Å². The fourth-order valence-corrected chi connectivity index (χ4v) is 1.80. The van der Waals surface area contributed by atoms with Gasteiger partial charge in [-0.1, -0.05) is 18.2 Å². The standard InChI is InChI=1S/C12H10ClN3O4/c1-6-10(17)15-11(18)16(6)7-3-4-8(13)9(5-7)14-12(19)20-2/h3-5H,1H2,2H3,(H,14,19)(H,15,17,18). The zero-order chi connectivity index (χ0) is 14.9. The minimum absolute atomic E-state index is 0.0126. The number of methoxy groups -OCH3 is 1. The Morgan fingerprint density at radius 2 is 2.15 bits per heavy atom. The highest BCUT2D eigenvalue weighted by atomic mass is 35.5. The lowest BCUT2D eigenvalue weighted by Gasteiger charge is -2.16. The Kier molecular flexibility index (Phi) is 3.62. The first-order valence-corrected chi connectivity index (χ1v) is 5.80. The second-order valence-electron chi connectivity index (χ2n) is 3.82. The number of carbonyl (C=O) groups excluding carboxylic acids is 3. The Morgan fingerprint density at radius 1 is 1.45 bits per heavy atom. The van der Waals surface area contributed by atoms with Gasteiger partial charge in [-0.2, -0.15) is 0 Å². The van der Waals surface area contributed by atoms with Gasteiger partial charge in [0.05, 0.1) is 23.5 Å². The number of anilines is 2. The number of nitrogens with zero attached hydrogens (tertiary/aromatic N) is 1. The van der Waals surface area contributed by atoms with Crippen LogP contribution in [-0.4, -0.2) is 25.1 Å². The molecule has 0 aliphatic carbocycles. The number of urea groups is 1. The Balaban J connectivity index is 2.36. The highest BCUT2D eigenvalue weighted by Crippen LogP contribution is 2.30. The van der Waals surface area contributed by atoms with Crippen molar-refractivity contribution in [2.45, 2.75) is 0 Å². The van der Waals surface area contributed by atoms with Crippen LogP contribution in [0, 0.1) is 0 Å². The molecule has 0 aromatic heterocycles. The third kappa shape index (κ3) is 2.43. The van der Waals surface area contributed by atoms with Crippen LogP contribution in [-0.2, 0) is 9.53 Å². The van der Waals surface area contributed by atoms with E-state index >= 15 is 0 Å². The van der Waals surface area contributed by atoms with Gasteiger partial charge in [0.2, 0.25) is 0 Å². The summed E-state index contributed by atoms with van der Waals surface area (Å²) >= 11 is 5.93. The maximum Gasteiger partial charge on any atom is 0.411 e. The molecule has 1 aliphatic heterocycles. The summed E-state index contributed by atoms with van der Waals surface area (Å²) in [5.41, 5.74) is 0.575. The molecular formula is C12H10ClN3O4. The van der Waals surface area contributed by atoms with Crippen LogP contribution in [0.15, 0.2) is 30.5 Å². The number of ether oxygens (including phenoxy) is 1. The minimum Gasteiger partial charge on any atom is -0.453 e. The summed E-state index contributed by atoms with van der Waals surface area (Å²) in [7, 11) is 1.21. The number of imide groups is 1. The molecule has 1 fully saturated rings. The highest BCUT2D eigenvalue weighted by molar-refractivity contribution is 6.34. The summed E-state index contributed by atoms with van der Waals surface area (Å²) < 4.78 is 4.46. The monoisotopic (exact) mass is 295 g/mol. The average molecular weight is 296 g/mol. The molecule has 104 valence electrons. The van der Waals surface area contributed by atoms with E-state index in [-0.39, 0.29) is 16.4 Å². The van der Waals surface area contributed by atoms with Crippen LogP contribution in [0.25, 0.3) is 0 Å². The lowest BCUT2D eigenvalue weighted by Crippen LogP contribution is -2.27. The van der Waals surface area contributed by atoms with Crippen molar-refractivity contribution < 1.29 is 19.1 Å². The van der Waals surface area contributed by atoms with Gasteiger partial charge >= 0.3 is 12.1 Å². The van der Waals surface area contributed by atoms with E-state index in [1.54, 1.807) is 0 Å².